The summed E-state index contributed by atoms with van der Waals surface area (Å²) in [5.41, 5.74) is 3.89. The normalized spacial score (nSPS) is 11.3. The minimum Gasteiger partial charge on any atom is -0.481 e. The van der Waals surface area contributed by atoms with Crippen molar-refractivity contribution in [2.45, 2.75) is 27.2 Å². The molecule has 2 aromatic carbocycles. The molecule has 0 spiro atoms. The zero-order valence-electron chi connectivity index (χ0n) is 13.9. The largest absolute Gasteiger partial charge is 0.481 e. The lowest BCUT2D eigenvalue weighted by Gasteiger charge is -2.28. The number of anilines is 1. The van der Waals surface area contributed by atoms with Gasteiger partial charge in [-0.1, -0.05) is 24.3 Å². The number of aliphatic carboxylic acids is 1. The molecule has 0 aliphatic carbocycles. The van der Waals surface area contributed by atoms with Gasteiger partial charge in [0.25, 0.3) is 5.97 Å². The Morgan fingerprint density at radius 1 is 1.09 bits per heavy atom. The Morgan fingerprint density at radius 2 is 1.70 bits per heavy atom. The Labute approximate surface area is 137 Å². The molecule has 0 bridgehead atoms. The second kappa shape index (κ2) is 7.68. The summed E-state index contributed by atoms with van der Waals surface area (Å²) >= 11 is 0. The maximum Gasteiger partial charge on any atom is 0.300 e. The van der Waals surface area contributed by atoms with E-state index >= 15 is 0 Å². The lowest BCUT2D eigenvalue weighted by atomic mass is 9.98. The van der Waals surface area contributed by atoms with Crippen LogP contribution in [0.2, 0.25) is 0 Å². The van der Waals surface area contributed by atoms with E-state index in [1.165, 1.54) is 16.8 Å². The van der Waals surface area contributed by atoms with Gasteiger partial charge >= 0.3 is 0 Å². The van der Waals surface area contributed by atoms with E-state index in [9.17, 15) is 0 Å². The number of para-hydroxylation sites is 1. The number of carboxylic acid groups (broad SMARTS) is 1. The van der Waals surface area contributed by atoms with Crippen LogP contribution in [0.4, 0.5) is 5.69 Å². The highest BCUT2D eigenvalue weighted by Crippen LogP contribution is 2.40. The zero-order chi connectivity index (χ0) is 16.8. The number of fused-ring (bicyclic) bond motifs is 2. The molecular formula is C19H23NO3. The van der Waals surface area contributed by atoms with E-state index < -0.39 is 5.97 Å². The number of carboxylic acids is 1. The first-order valence-electron chi connectivity index (χ1n) is 7.88. The van der Waals surface area contributed by atoms with Crippen LogP contribution in [-0.4, -0.2) is 24.2 Å². The summed E-state index contributed by atoms with van der Waals surface area (Å²) in [6.07, 6.45) is 0.957. The van der Waals surface area contributed by atoms with Crippen LogP contribution >= 0.6 is 0 Å². The van der Waals surface area contributed by atoms with Crippen molar-refractivity contribution in [2.24, 2.45) is 0 Å². The van der Waals surface area contributed by atoms with Crippen molar-refractivity contribution in [1.29, 1.82) is 0 Å². The van der Waals surface area contributed by atoms with Gasteiger partial charge in [-0.15, -0.1) is 0 Å². The molecule has 0 radical (unpaired) electrons. The first kappa shape index (κ1) is 16.9. The lowest BCUT2D eigenvalue weighted by molar-refractivity contribution is -0.134. The maximum absolute atomic E-state index is 9.00. The zero-order valence-corrected chi connectivity index (χ0v) is 13.9. The summed E-state index contributed by atoms with van der Waals surface area (Å²) in [5, 5.41) is 7.42. The minimum atomic E-state index is -0.833. The minimum absolute atomic E-state index is 0.833. The van der Waals surface area contributed by atoms with Crippen molar-refractivity contribution in [2.75, 3.05) is 18.0 Å². The smallest absolute Gasteiger partial charge is 0.300 e. The maximum atomic E-state index is 9.00. The molecule has 0 aromatic heterocycles. The van der Waals surface area contributed by atoms with Crippen molar-refractivity contribution < 1.29 is 14.6 Å². The summed E-state index contributed by atoms with van der Waals surface area (Å²) in [6.45, 7) is 7.52. The first-order valence-corrected chi connectivity index (χ1v) is 7.88. The molecule has 122 valence electrons. The molecule has 4 heteroatoms. The Bertz CT molecular complexity index is 674. The van der Waals surface area contributed by atoms with Crippen LogP contribution in [-0.2, 0) is 11.2 Å². The summed E-state index contributed by atoms with van der Waals surface area (Å²) in [7, 11) is 0. The van der Waals surface area contributed by atoms with Crippen LogP contribution < -0.4 is 9.64 Å². The Hall–Kier alpha value is -2.49. The summed E-state index contributed by atoms with van der Waals surface area (Å²) < 4.78 is 6.03. The van der Waals surface area contributed by atoms with E-state index in [1.807, 2.05) is 12.1 Å². The van der Waals surface area contributed by atoms with E-state index in [0.29, 0.717) is 0 Å². The quantitative estimate of drug-likeness (QED) is 0.782. The van der Waals surface area contributed by atoms with Crippen molar-refractivity contribution in [1.82, 2.24) is 0 Å². The first-order chi connectivity index (χ1) is 11.1. The fraction of sp³-hybridized carbons (Fsp3) is 0.316. The molecule has 0 saturated carbocycles. The van der Waals surface area contributed by atoms with Gasteiger partial charge in [-0.2, -0.15) is 0 Å². The molecule has 0 amide bonds. The van der Waals surface area contributed by atoms with Gasteiger partial charge in [-0.05, 0) is 37.6 Å². The van der Waals surface area contributed by atoms with E-state index in [1.54, 1.807) is 0 Å². The molecular weight excluding hydrogens is 290 g/mol. The average molecular weight is 313 g/mol. The molecule has 1 N–H and O–H groups in total. The van der Waals surface area contributed by atoms with Gasteiger partial charge in [0.05, 0.1) is 0 Å². The van der Waals surface area contributed by atoms with Gasteiger partial charge in [0, 0.05) is 37.7 Å². The predicted molar refractivity (Wildman–Crippen MR) is 92.6 cm³/mol. The van der Waals surface area contributed by atoms with Crippen molar-refractivity contribution in [3.63, 3.8) is 0 Å². The SMILES string of the molecule is CC(=O)O.CCN(CC)c1cccc2c1Cc1ccccc1O2. The molecule has 1 heterocycles. The van der Waals surface area contributed by atoms with Gasteiger partial charge < -0.3 is 14.7 Å². The second-order valence-corrected chi connectivity index (χ2v) is 5.33. The van der Waals surface area contributed by atoms with Gasteiger partial charge in [0.1, 0.15) is 11.5 Å². The molecule has 4 nitrogen and oxygen atoms in total. The third kappa shape index (κ3) is 4.03. The van der Waals surface area contributed by atoms with Gasteiger partial charge in [-0.25, -0.2) is 0 Å². The highest BCUT2D eigenvalue weighted by molar-refractivity contribution is 5.64. The fourth-order valence-electron chi connectivity index (χ4n) is 2.75. The third-order valence-corrected chi connectivity index (χ3v) is 3.77. The number of carbonyl (C=O) groups is 1. The molecule has 1 aliphatic rings. The Morgan fingerprint density at radius 3 is 2.35 bits per heavy atom. The van der Waals surface area contributed by atoms with Crippen LogP contribution in [0.3, 0.4) is 0 Å². The molecule has 3 rings (SSSR count). The highest BCUT2D eigenvalue weighted by Gasteiger charge is 2.20. The predicted octanol–water partition coefficient (Wildman–Crippen LogP) is 4.32. The number of hydrogen-bond acceptors (Lipinski definition) is 3. The van der Waals surface area contributed by atoms with Crippen LogP contribution in [0, 0.1) is 0 Å². The molecule has 0 unspecified atom stereocenters. The standard InChI is InChI=1S/C17H19NO.C2H4O2/c1-3-18(4-2)15-9-7-11-17-14(15)12-13-8-5-6-10-16(13)19-17;1-2(3)4/h5-11H,3-4,12H2,1-2H3;1H3,(H,3,4). The molecule has 0 atom stereocenters. The molecule has 2 aromatic rings. The van der Waals surface area contributed by atoms with Crippen LogP contribution in [0.5, 0.6) is 11.5 Å². The van der Waals surface area contributed by atoms with Crippen molar-refractivity contribution in [3.05, 3.63) is 53.6 Å². The van der Waals surface area contributed by atoms with Crippen LogP contribution in [0.1, 0.15) is 31.9 Å². The molecule has 1 aliphatic heterocycles. The lowest BCUT2D eigenvalue weighted by Crippen LogP contribution is -2.23. The van der Waals surface area contributed by atoms with Gasteiger partial charge in [0.2, 0.25) is 0 Å². The molecule has 0 saturated heterocycles. The van der Waals surface area contributed by atoms with E-state index in [-0.39, 0.29) is 0 Å². The number of rotatable bonds is 3. The van der Waals surface area contributed by atoms with Gasteiger partial charge in [0.15, 0.2) is 0 Å². The molecule has 0 fully saturated rings. The van der Waals surface area contributed by atoms with Gasteiger partial charge in [-0.3, -0.25) is 4.79 Å². The summed E-state index contributed by atoms with van der Waals surface area (Å²) in [6, 6.07) is 14.6. The Balaban J connectivity index is 0.000000433. The number of benzene rings is 2. The van der Waals surface area contributed by atoms with Crippen molar-refractivity contribution in [3.8, 4) is 11.5 Å². The van der Waals surface area contributed by atoms with E-state index in [4.69, 9.17) is 14.6 Å². The van der Waals surface area contributed by atoms with E-state index in [0.717, 1.165) is 37.9 Å². The van der Waals surface area contributed by atoms with E-state index in [2.05, 4.69) is 49.1 Å². The summed E-state index contributed by atoms with van der Waals surface area (Å²) in [4.78, 5) is 11.4. The second-order valence-electron chi connectivity index (χ2n) is 5.33. The summed E-state index contributed by atoms with van der Waals surface area (Å²) in [5.74, 6) is 1.16. The number of nitrogens with zero attached hydrogens (tertiary/aromatic N) is 1. The van der Waals surface area contributed by atoms with Crippen LogP contribution in [0.25, 0.3) is 0 Å². The van der Waals surface area contributed by atoms with Crippen molar-refractivity contribution >= 4 is 11.7 Å². The topological polar surface area (TPSA) is 49.8 Å². The number of hydrogen-bond donors (Lipinski definition) is 1. The Kier molecular flexibility index (Phi) is 5.63. The highest BCUT2D eigenvalue weighted by atomic mass is 16.5. The third-order valence-electron chi connectivity index (χ3n) is 3.77. The molecule has 23 heavy (non-hydrogen) atoms. The average Bonchev–Trinajstić information content (AvgIpc) is 2.54. The fourth-order valence-corrected chi connectivity index (χ4v) is 2.75. The van der Waals surface area contributed by atoms with Crippen LogP contribution in [0.15, 0.2) is 42.5 Å². The number of ether oxygens (including phenoxy) is 1. The monoisotopic (exact) mass is 313 g/mol.